The van der Waals surface area contributed by atoms with Gasteiger partial charge in [-0.1, -0.05) is 84.0 Å². The summed E-state index contributed by atoms with van der Waals surface area (Å²) in [5.74, 6) is 0.333. The summed E-state index contributed by atoms with van der Waals surface area (Å²) in [6.07, 6.45) is 8.01. The number of aryl methyl sites for hydroxylation is 2. The maximum Gasteiger partial charge on any atom is 0.247 e. The van der Waals surface area contributed by atoms with Gasteiger partial charge in [-0.15, -0.1) is 0 Å². The molecule has 0 bridgehead atoms. The summed E-state index contributed by atoms with van der Waals surface area (Å²) < 4.78 is 5.31. The fourth-order valence-corrected chi connectivity index (χ4v) is 5.93. The summed E-state index contributed by atoms with van der Waals surface area (Å²) in [6, 6.07) is 29.5. The smallest absolute Gasteiger partial charge is 0.247 e. The lowest BCUT2D eigenvalue weighted by atomic mass is 9.97. The molecule has 0 saturated carbocycles. The van der Waals surface area contributed by atoms with Crippen molar-refractivity contribution in [3.05, 3.63) is 149 Å². The fraction of sp³-hybridized carbons (Fsp3) is 0.211. The van der Waals surface area contributed by atoms with Gasteiger partial charge in [0.1, 0.15) is 11.8 Å². The van der Waals surface area contributed by atoms with Crippen molar-refractivity contribution in [1.82, 2.24) is 19.9 Å². The molecule has 2 aromatic heterocycles. The Bertz CT molecular complexity index is 1780. The van der Waals surface area contributed by atoms with Crippen molar-refractivity contribution in [2.45, 2.75) is 45.8 Å². The number of pyridine rings is 1. The first kappa shape index (κ1) is 29.8. The molecule has 2 amide bonds. The number of hydrogen-bond donors (Lipinski definition) is 0. The van der Waals surface area contributed by atoms with E-state index in [-0.39, 0.29) is 18.4 Å². The van der Waals surface area contributed by atoms with Gasteiger partial charge in [-0.05, 0) is 71.9 Å². The topological polar surface area (TPSA) is 79.5 Å². The van der Waals surface area contributed by atoms with Gasteiger partial charge < -0.3 is 14.3 Å². The largest absolute Gasteiger partial charge is 0.361 e. The van der Waals surface area contributed by atoms with Crippen LogP contribution in [0.5, 0.6) is 0 Å². The van der Waals surface area contributed by atoms with Crippen molar-refractivity contribution in [1.29, 1.82) is 0 Å². The zero-order valence-corrected chi connectivity index (χ0v) is 25.6. The number of hydrogen-bond acceptors (Lipinski definition) is 5. The third kappa shape index (κ3) is 6.93. The first-order valence-corrected chi connectivity index (χ1v) is 15.3. The van der Waals surface area contributed by atoms with Gasteiger partial charge in [-0.3, -0.25) is 14.6 Å². The van der Waals surface area contributed by atoms with Crippen molar-refractivity contribution in [2.24, 2.45) is 0 Å². The molecule has 1 aliphatic heterocycles. The Kier molecular flexibility index (Phi) is 8.96. The Balaban J connectivity index is 1.35. The Morgan fingerprint density at radius 3 is 2.27 bits per heavy atom. The maximum atomic E-state index is 14.5. The van der Waals surface area contributed by atoms with E-state index in [2.05, 4.69) is 22.3 Å². The first-order valence-electron chi connectivity index (χ1n) is 15.3. The molecule has 45 heavy (non-hydrogen) atoms. The summed E-state index contributed by atoms with van der Waals surface area (Å²) in [4.78, 5) is 36.4. The van der Waals surface area contributed by atoms with Crippen molar-refractivity contribution >= 4 is 17.9 Å². The Hall–Kier alpha value is -5.30. The maximum absolute atomic E-state index is 14.5. The summed E-state index contributed by atoms with van der Waals surface area (Å²) in [5, 5.41) is 4.02. The second-order valence-electron chi connectivity index (χ2n) is 11.5. The average molecular weight is 597 g/mol. The summed E-state index contributed by atoms with van der Waals surface area (Å²) >= 11 is 0. The van der Waals surface area contributed by atoms with Crippen LogP contribution in [-0.4, -0.2) is 44.3 Å². The van der Waals surface area contributed by atoms with Gasteiger partial charge in [0.25, 0.3) is 0 Å². The lowest BCUT2D eigenvalue weighted by Gasteiger charge is -2.37. The molecule has 1 aliphatic rings. The molecule has 0 aliphatic carbocycles. The number of carbonyl (C=O) groups is 2. The van der Waals surface area contributed by atoms with E-state index in [1.165, 1.54) is 11.6 Å². The molecule has 0 fully saturated rings. The summed E-state index contributed by atoms with van der Waals surface area (Å²) in [7, 11) is 0. The summed E-state index contributed by atoms with van der Waals surface area (Å²) in [6.45, 7) is 5.08. The van der Waals surface area contributed by atoms with Crippen molar-refractivity contribution < 1.29 is 14.1 Å². The third-order valence-corrected chi connectivity index (χ3v) is 8.46. The van der Waals surface area contributed by atoms with Crippen LogP contribution in [0.3, 0.4) is 0 Å². The van der Waals surface area contributed by atoms with Gasteiger partial charge in [0.2, 0.25) is 11.8 Å². The molecule has 0 N–H and O–H groups in total. The van der Waals surface area contributed by atoms with E-state index >= 15 is 0 Å². The number of amides is 2. The van der Waals surface area contributed by atoms with Crippen molar-refractivity contribution in [3.63, 3.8) is 0 Å². The zero-order valence-electron chi connectivity index (χ0n) is 25.6. The molecule has 0 unspecified atom stereocenters. The molecular formula is C38H36N4O3. The third-order valence-electron chi connectivity index (χ3n) is 8.46. The fourth-order valence-electron chi connectivity index (χ4n) is 5.93. The first-order chi connectivity index (χ1) is 22.0. The van der Waals surface area contributed by atoms with Gasteiger partial charge in [0.05, 0.1) is 5.69 Å². The standard InChI is InChI=1S/C38H36N4O3/c1-27-35(28(2)45-40-27)16-17-37(43)42(25-30-12-14-32(15-13-30)33-18-21-39-22-19-33)36(24-29-8-4-3-5-9-29)38(44)41-23-20-31-10-6-7-11-34(31)26-41/h3-19,21-22,36H,20,23-26H2,1-2H3/t36-/m0/s1. The highest BCUT2D eigenvalue weighted by molar-refractivity contribution is 5.96. The Morgan fingerprint density at radius 2 is 1.56 bits per heavy atom. The minimum atomic E-state index is -0.709. The normalized spacial score (nSPS) is 13.4. The number of rotatable bonds is 9. The highest BCUT2D eigenvalue weighted by Crippen LogP contribution is 2.25. The molecule has 0 radical (unpaired) electrons. The van der Waals surface area contributed by atoms with Crippen LogP contribution < -0.4 is 0 Å². The van der Waals surface area contributed by atoms with E-state index in [1.807, 2.05) is 97.6 Å². The zero-order chi connectivity index (χ0) is 31.2. The number of fused-ring (bicyclic) bond motifs is 1. The average Bonchev–Trinajstić information content (AvgIpc) is 3.41. The van der Waals surface area contributed by atoms with Gasteiger partial charge in [0.15, 0.2) is 0 Å². The van der Waals surface area contributed by atoms with E-state index in [1.54, 1.807) is 23.4 Å². The second-order valence-corrected chi connectivity index (χ2v) is 11.5. The minimum absolute atomic E-state index is 0.0548. The lowest BCUT2D eigenvalue weighted by Crippen LogP contribution is -2.52. The number of carbonyl (C=O) groups excluding carboxylic acids is 2. The molecule has 226 valence electrons. The molecular weight excluding hydrogens is 560 g/mol. The summed E-state index contributed by atoms with van der Waals surface area (Å²) in [5.41, 5.74) is 7.94. The van der Waals surface area contributed by atoms with Gasteiger partial charge in [-0.2, -0.15) is 0 Å². The highest BCUT2D eigenvalue weighted by Gasteiger charge is 2.34. The monoisotopic (exact) mass is 596 g/mol. The SMILES string of the molecule is Cc1noc(C)c1C=CC(=O)N(Cc1ccc(-c2ccncc2)cc1)[C@@H](Cc1ccccc1)C(=O)N1CCc2ccccc2C1. The van der Waals surface area contributed by atoms with E-state index in [0.717, 1.165) is 39.8 Å². The Labute approximate surface area is 263 Å². The van der Waals surface area contributed by atoms with E-state index in [4.69, 9.17) is 4.52 Å². The lowest BCUT2D eigenvalue weighted by molar-refractivity contribution is -0.144. The van der Waals surface area contributed by atoms with Gasteiger partial charge >= 0.3 is 0 Å². The van der Waals surface area contributed by atoms with Crippen molar-refractivity contribution in [3.8, 4) is 11.1 Å². The van der Waals surface area contributed by atoms with Crippen molar-refractivity contribution in [2.75, 3.05) is 6.54 Å². The Morgan fingerprint density at radius 1 is 0.867 bits per heavy atom. The number of nitrogens with zero attached hydrogens (tertiary/aromatic N) is 4. The molecule has 6 rings (SSSR count). The minimum Gasteiger partial charge on any atom is -0.361 e. The predicted octanol–water partition coefficient (Wildman–Crippen LogP) is 6.59. The van der Waals surface area contributed by atoms with Crippen LogP contribution in [0.2, 0.25) is 0 Å². The molecule has 7 heteroatoms. The van der Waals surface area contributed by atoms with Gasteiger partial charge in [0, 0.05) is 50.1 Å². The molecule has 3 heterocycles. The number of aromatic nitrogens is 2. The molecule has 3 aromatic carbocycles. The second kappa shape index (κ2) is 13.6. The van der Waals surface area contributed by atoms with Crippen LogP contribution in [0.1, 0.15) is 39.3 Å². The van der Waals surface area contributed by atoms with Crippen LogP contribution in [0.25, 0.3) is 17.2 Å². The molecule has 0 saturated heterocycles. The molecule has 1 atom stereocenters. The van der Waals surface area contributed by atoms with E-state index in [0.29, 0.717) is 31.0 Å². The predicted molar refractivity (Wildman–Crippen MR) is 175 cm³/mol. The quantitative estimate of drug-likeness (QED) is 0.179. The van der Waals surface area contributed by atoms with Crippen LogP contribution in [-0.2, 0) is 35.5 Å². The number of benzene rings is 3. The molecule has 0 spiro atoms. The van der Waals surface area contributed by atoms with Crippen LogP contribution >= 0.6 is 0 Å². The van der Waals surface area contributed by atoms with Crippen LogP contribution in [0, 0.1) is 13.8 Å². The van der Waals surface area contributed by atoms with Crippen LogP contribution in [0.15, 0.2) is 114 Å². The van der Waals surface area contributed by atoms with Crippen LogP contribution in [0.4, 0.5) is 0 Å². The molecule has 5 aromatic rings. The molecule has 7 nitrogen and oxygen atoms in total. The highest BCUT2D eigenvalue weighted by atomic mass is 16.5. The van der Waals surface area contributed by atoms with E-state index < -0.39 is 6.04 Å². The van der Waals surface area contributed by atoms with E-state index in [9.17, 15) is 9.59 Å². The van der Waals surface area contributed by atoms with Gasteiger partial charge in [-0.25, -0.2) is 0 Å².